The molecule has 2 N–H and O–H groups in total. The Morgan fingerprint density at radius 3 is 2.67 bits per heavy atom. The van der Waals surface area contributed by atoms with E-state index in [1.807, 2.05) is 39.8 Å². The zero-order valence-corrected chi connectivity index (χ0v) is 13.0. The summed E-state index contributed by atoms with van der Waals surface area (Å²) in [4.78, 5) is 20.3. The highest BCUT2D eigenvalue weighted by atomic mass is 16.2. The molecule has 0 fully saturated rings. The summed E-state index contributed by atoms with van der Waals surface area (Å²) in [6.45, 7) is 8.93. The maximum absolute atomic E-state index is 11.8. The largest absolute Gasteiger partial charge is 0.368 e. The lowest BCUT2D eigenvalue weighted by molar-refractivity contribution is -0.128. The van der Waals surface area contributed by atoms with Gasteiger partial charge in [0.1, 0.15) is 12.1 Å². The number of anilines is 1. The normalized spacial score (nSPS) is 11.4. The van der Waals surface area contributed by atoms with Gasteiger partial charge in [-0.15, -0.1) is 0 Å². The van der Waals surface area contributed by atoms with Gasteiger partial charge < -0.3 is 10.6 Å². The van der Waals surface area contributed by atoms with Gasteiger partial charge in [0.25, 0.3) is 0 Å². The van der Waals surface area contributed by atoms with Crippen LogP contribution in [-0.4, -0.2) is 29.0 Å². The van der Waals surface area contributed by atoms with Crippen molar-refractivity contribution in [2.75, 3.05) is 18.4 Å². The molecule has 0 saturated heterocycles. The molecule has 21 heavy (non-hydrogen) atoms. The number of fused-ring (bicyclic) bond motifs is 1. The highest BCUT2D eigenvalue weighted by Gasteiger charge is 2.20. The van der Waals surface area contributed by atoms with Gasteiger partial charge >= 0.3 is 0 Å². The van der Waals surface area contributed by atoms with Crippen molar-refractivity contribution in [1.29, 1.82) is 0 Å². The van der Waals surface area contributed by atoms with Gasteiger partial charge in [-0.2, -0.15) is 0 Å². The molecule has 0 saturated carbocycles. The quantitative estimate of drug-likeness (QED) is 0.848. The summed E-state index contributed by atoms with van der Waals surface area (Å²) < 4.78 is 0. The van der Waals surface area contributed by atoms with Crippen molar-refractivity contribution in [3.05, 3.63) is 30.1 Å². The zero-order valence-electron chi connectivity index (χ0n) is 13.0. The molecule has 5 heteroatoms. The summed E-state index contributed by atoms with van der Waals surface area (Å²) in [5.41, 5.74) is 1.72. The number of carbonyl (C=O) groups excluding carboxylic acids is 1. The minimum absolute atomic E-state index is 0.0488. The first kappa shape index (κ1) is 15.2. The third-order valence-corrected chi connectivity index (χ3v) is 3.18. The summed E-state index contributed by atoms with van der Waals surface area (Å²) in [5, 5.41) is 7.16. The number of nitrogens with zero attached hydrogens (tertiary/aromatic N) is 2. The van der Waals surface area contributed by atoms with Crippen molar-refractivity contribution in [3.8, 4) is 0 Å². The van der Waals surface area contributed by atoms with Crippen LogP contribution < -0.4 is 10.6 Å². The number of amides is 1. The van der Waals surface area contributed by atoms with E-state index in [2.05, 4.69) is 26.7 Å². The highest BCUT2D eigenvalue weighted by molar-refractivity contribution is 5.89. The van der Waals surface area contributed by atoms with Gasteiger partial charge in [-0.25, -0.2) is 9.97 Å². The van der Waals surface area contributed by atoms with E-state index < -0.39 is 0 Å². The van der Waals surface area contributed by atoms with Gasteiger partial charge in [-0.05, 0) is 19.1 Å². The fourth-order valence-corrected chi connectivity index (χ4v) is 1.93. The number of aromatic nitrogens is 2. The molecule has 112 valence electrons. The molecule has 5 nitrogen and oxygen atoms in total. The molecule has 0 bridgehead atoms. The molecule has 1 heterocycles. The topological polar surface area (TPSA) is 66.9 Å². The molecule has 2 aromatic rings. The van der Waals surface area contributed by atoms with Crippen LogP contribution in [0, 0.1) is 12.3 Å². The number of hydrogen-bond donors (Lipinski definition) is 2. The van der Waals surface area contributed by atoms with Gasteiger partial charge in [-0.3, -0.25) is 4.79 Å². The van der Waals surface area contributed by atoms with Crippen LogP contribution in [0.25, 0.3) is 10.9 Å². The van der Waals surface area contributed by atoms with E-state index in [4.69, 9.17) is 0 Å². The van der Waals surface area contributed by atoms with Crippen molar-refractivity contribution in [1.82, 2.24) is 15.3 Å². The SMILES string of the molecule is Cc1ccc2ncnc(NCCNC(=O)C(C)(C)C)c2c1. The number of rotatable bonds is 4. The van der Waals surface area contributed by atoms with E-state index in [1.54, 1.807) is 6.33 Å². The second-order valence-electron chi connectivity index (χ2n) is 6.18. The van der Waals surface area contributed by atoms with Crippen molar-refractivity contribution in [2.24, 2.45) is 5.41 Å². The van der Waals surface area contributed by atoms with Crippen LogP contribution in [0.1, 0.15) is 26.3 Å². The molecule has 0 radical (unpaired) electrons. The molecule has 1 amide bonds. The molecule has 0 aliphatic carbocycles. The smallest absolute Gasteiger partial charge is 0.225 e. The molecule has 0 spiro atoms. The lowest BCUT2D eigenvalue weighted by Crippen LogP contribution is -2.37. The molecular formula is C16H22N4O. The molecule has 1 aromatic carbocycles. The fraction of sp³-hybridized carbons (Fsp3) is 0.438. The van der Waals surface area contributed by atoms with Crippen LogP contribution in [0.3, 0.4) is 0 Å². The van der Waals surface area contributed by atoms with Crippen LogP contribution in [0.2, 0.25) is 0 Å². The van der Waals surface area contributed by atoms with Crippen LogP contribution >= 0.6 is 0 Å². The summed E-state index contributed by atoms with van der Waals surface area (Å²) >= 11 is 0. The summed E-state index contributed by atoms with van der Waals surface area (Å²) in [6, 6.07) is 6.08. The minimum Gasteiger partial charge on any atom is -0.368 e. The number of nitrogens with one attached hydrogen (secondary N) is 2. The Balaban J connectivity index is 1.98. The Labute approximate surface area is 125 Å². The Kier molecular flexibility index (Phi) is 4.40. The first-order valence-electron chi connectivity index (χ1n) is 7.11. The highest BCUT2D eigenvalue weighted by Crippen LogP contribution is 2.20. The first-order valence-corrected chi connectivity index (χ1v) is 7.11. The van der Waals surface area contributed by atoms with Gasteiger partial charge in [0.2, 0.25) is 5.91 Å². The van der Waals surface area contributed by atoms with Crippen molar-refractivity contribution < 1.29 is 4.79 Å². The third kappa shape index (κ3) is 3.90. The van der Waals surface area contributed by atoms with E-state index in [0.29, 0.717) is 13.1 Å². The number of carbonyl (C=O) groups is 1. The van der Waals surface area contributed by atoms with E-state index in [-0.39, 0.29) is 11.3 Å². The maximum Gasteiger partial charge on any atom is 0.225 e. The lowest BCUT2D eigenvalue weighted by atomic mass is 9.96. The van der Waals surface area contributed by atoms with Gasteiger partial charge in [0.05, 0.1) is 5.52 Å². The fourth-order valence-electron chi connectivity index (χ4n) is 1.93. The van der Waals surface area contributed by atoms with Crippen LogP contribution in [0.4, 0.5) is 5.82 Å². The predicted octanol–water partition coefficient (Wildman–Crippen LogP) is 2.51. The number of hydrogen-bond acceptors (Lipinski definition) is 4. The second kappa shape index (κ2) is 6.08. The molecule has 0 atom stereocenters. The second-order valence-corrected chi connectivity index (χ2v) is 6.18. The van der Waals surface area contributed by atoms with Crippen LogP contribution in [-0.2, 0) is 4.79 Å². The predicted molar refractivity (Wildman–Crippen MR) is 85.2 cm³/mol. The van der Waals surface area contributed by atoms with E-state index in [9.17, 15) is 4.79 Å². The van der Waals surface area contributed by atoms with Gasteiger partial charge in [0, 0.05) is 23.9 Å². The monoisotopic (exact) mass is 286 g/mol. The van der Waals surface area contributed by atoms with E-state index in [0.717, 1.165) is 16.7 Å². The summed E-state index contributed by atoms with van der Waals surface area (Å²) in [6.07, 6.45) is 1.55. The maximum atomic E-state index is 11.8. The molecule has 1 aromatic heterocycles. The standard InChI is InChI=1S/C16H22N4O/c1-11-5-6-13-12(9-11)14(20-10-19-13)17-7-8-18-15(21)16(2,3)4/h5-6,9-10H,7-8H2,1-4H3,(H,18,21)(H,17,19,20). The van der Waals surface area contributed by atoms with Crippen molar-refractivity contribution in [2.45, 2.75) is 27.7 Å². The van der Waals surface area contributed by atoms with Crippen LogP contribution in [0.15, 0.2) is 24.5 Å². The Morgan fingerprint density at radius 1 is 1.19 bits per heavy atom. The molecule has 2 rings (SSSR count). The van der Waals surface area contributed by atoms with Crippen molar-refractivity contribution >= 4 is 22.6 Å². The summed E-state index contributed by atoms with van der Waals surface area (Å²) in [5.74, 6) is 0.849. The minimum atomic E-state index is -0.362. The molecule has 0 unspecified atom stereocenters. The molecule has 0 aliphatic rings. The Hall–Kier alpha value is -2.17. The zero-order chi connectivity index (χ0) is 15.5. The van der Waals surface area contributed by atoms with Gasteiger partial charge in [-0.1, -0.05) is 32.4 Å². The van der Waals surface area contributed by atoms with E-state index >= 15 is 0 Å². The van der Waals surface area contributed by atoms with Gasteiger partial charge in [0.15, 0.2) is 0 Å². The average Bonchev–Trinajstić information content (AvgIpc) is 2.42. The van der Waals surface area contributed by atoms with Crippen LogP contribution in [0.5, 0.6) is 0 Å². The average molecular weight is 286 g/mol. The Morgan fingerprint density at radius 2 is 1.95 bits per heavy atom. The molecule has 0 aliphatic heterocycles. The lowest BCUT2D eigenvalue weighted by Gasteiger charge is -2.17. The Bertz CT molecular complexity index is 646. The molecular weight excluding hydrogens is 264 g/mol. The first-order chi connectivity index (χ1) is 9.88. The van der Waals surface area contributed by atoms with E-state index in [1.165, 1.54) is 5.56 Å². The number of aryl methyl sites for hydroxylation is 1. The van der Waals surface area contributed by atoms with Crippen molar-refractivity contribution in [3.63, 3.8) is 0 Å². The number of benzene rings is 1. The summed E-state index contributed by atoms with van der Waals surface area (Å²) in [7, 11) is 0. The third-order valence-electron chi connectivity index (χ3n) is 3.18.